The number of hydrogen-bond acceptors (Lipinski definition) is 3. The molecule has 4 rings (SSSR count). The SMILES string of the molecule is COc1ccc2[nH]c(C(=O)N3CCC[C@@]4(C)[C@@H]3CCCCN4C)cc2c1. The van der Waals surface area contributed by atoms with Gasteiger partial charge in [-0.2, -0.15) is 0 Å². The molecule has 1 amide bonds. The molecule has 140 valence electrons. The minimum Gasteiger partial charge on any atom is -0.497 e. The molecule has 2 aromatic rings. The second-order valence-electron chi connectivity index (χ2n) is 8.03. The molecule has 1 aromatic carbocycles. The average molecular weight is 355 g/mol. The summed E-state index contributed by atoms with van der Waals surface area (Å²) in [5.41, 5.74) is 1.75. The molecular weight excluding hydrogens is 326 g/mol. The third-order valence-electron chi connectivity index (χ3n) is 6.59. The van der Waals surface area contributed by atoms with Gasteiger partial charge in [0.1, 0.15) is 11.4 Å². The third-order valence-corrected chi connectivity index (χ3v) is 6.59. The fraction of sp³-hybridized carbons (Fsp3) is 0.571. The van der Waals surface area contributed by atoms with E-state index >= 15 is 0 Å². The van der Waals surface area contributed by atoms with Crippen LogP contribution in [0.3, 0.4) is 0 Å². The third kappa shape index (κ3) is 2.78. The minimum atomic E-state index is 0.0830. The van der Waals surface area contributed by atoms with E-state index in [9.17, 15) is 4.79 Å². The number of ether oxygens (including phenoxy) is 1. The van der Waals surface area contributed by atoms with Crippen molar-refractivity contribution in [2.24, 2.45) is 0 Å². The zero-order chi connectivity index (χ0) is 18.3. The number of likely N-dealkylation sites (N-methyl/N-ethyl adjacent to an activating group) is 1. The van der Waals surface area contributed by atoms with Gasteiger partial charge in [0, 0.05) is 23.0 Å². The van der Waals surface area contributed by atoms with Crippen molar-refractivity contribution >= 4 is 16.8 Å². The number of benzene rings is 1. The highest BCUT2D eigenvalue weighted by Gasteiger charge is 2.46. The first kappa shape index (κ1) is 17.4. The standard InChI is InChI=1S/C21H29N3O2/c1-21-10-6-12-24(19(21)7-4-5-11-23(21)2)20(25)18-14-15-13-16(26-3)8-9-17(15)22-18/h8-9,13-14,19,22H,4-7,10-12H2,1-3H3/t19-,21-/m0/s1. The Morgan fingerprint density at radius 2 is 2.08 bits per heavy atom. The lowest BCUT2D eigenvalue weighted by atomic mass is 9.80. The first-order valence-electron chi connectivity index (χ1n) is 9.72. The van der Waals surface area contributed by atoms with Crippen LogP contribution in [-0.2, 0) is 0 Å². The number of fused-ring (bicyclic) bond motifs is 2. The zero-order valence-corrected chi connectivity index (χ0v) is 16.0. The summed E-state index contributed by atoms with van der Waals surface area (Å²) in [4.78, 5) is 21.3. The lowest BCUT2D eigenvalue weighted by molar-refractivity contribution is -0.00361. The molecule has 0 saturated carbocycles. The van der Waals surface area contributed by atoms with Gasteiger partial charge in [0.05, 0.1) is 13.2 Å². The first-order chi connectivity index (χ1) is 12.5. The van der Waals surface area contributed by atoms with E-state index in [0.717, 1.165) is 42.6 Å². The van der Waals surface area contributed by atoms with Crippen molar-refractivity contribution in [2.75, 3.05) is 27.2 Å². The van der Waals surface area contributed by atoms with Gasteiger partial charge < -0.3 is 14.6 Å². The van der Waals surface area contributed by atoms with Crippen LogP contribution in [-0.4, -0.2) is 59.5 Å². The molecule has 0 unspecified atom stereocenters. The highest BCUT2D eigenvalue weighted by atomic mass is 16.5. The molecule has 2 fully saturated rings. The summed E-state index contributed by atoms with van der Waals surface area (Å²) in [5.74, 6) is 0.942. The number of carbonyl (C=O) groups excluding carboxylic acids is 1. The van der Waals surface area contributed by atoms with Crippen molar-refractivity contribution in [1.29, 1.82) is 0 Å². The van der Waals surface area contributed by atoms with Gasteiger partial charge in [-0.05, 0) is 70.5 Å². The molecule has 0 radical (unpaired) electrons. The number of aromatic amines is 1. The van der Waals surface area contributed by atoms with Crippen LogP contribution in [0.15, 0.2) is 24.3 Å². The van der Waals surface area contributed by atoms with Gasteiger partial charge in [0.15, 0.2) is 0 Å². The van der Waals surface area contributed by atoms with Gasteiger partial charge in [-0.15, -0.1) is 0 Å². The van der Waals surface area contributed by atoms with Crippen LogP contribution in [0.5, 0.6) is 5.75 Å². The Labute approximate surface area is 155 Å². The van der Waals surface area contributed by atoms with Gasteiger partial charge in [-0.25, -0.2) is 0 Å². The van der Waals surface area contributed by atoms with Gasteiger partial charge in [0.2, 0.25) is 0 Å². The topological polar surface area (TPSA) is 48.6 Å². The van der Waals surface area contributed by atoms with E-state index in [1.807, 2.05) is 24.3 Å². The Morgan fingerprint density at radius 3 is 2.88 bits per heavy atom. The monoisotopic (exact) mass is 355 g/mol. The van der Waals surface area contributed by atoms with E-state index in [0.29, 0.717) is 5.69 Å². The van der Waals surface area contributed by atoms with Gasteiger partial charge in [0.25, 0.3) is 5.91 Å². The highest BCUT2D eigenvalue weighted by Crippen LogP contribution is 2.38. The molecular formula is C21H29N3O2. The molecule has 3 heterocycles. The van der Waals surface area contributed by atoms with E-state index in [4.69, 9.17) is 4.74 Å². The van der Waals surface area contributed by atoms with Crippen molar-refractivity contribution in [3.05, 3.63) is 30.0 Å². The van der Waals surface area contributed by atoms with Crippen molar-refractivity contribution in [3.8, 4) is 5.75 Å². The summed E-state index contributed by atoms with van der Waals surface area (Å²) >= 11 is 0. The smallest absolute Gasteiger partial charge is 0.270 e. The van der Waals surface area contributed by atoms with Crippen LogP contribution in [0.25, 0.3) is 10.9 Å². The second-order valence-corrected chi connectivity index (χ2v) is 8.03. The number of nitrogens with one attached hydrogen (secondary N) is 1. The lowest BCUT2D eigenvalue weighted by Crippen LogP contribution is -2.63. The molecule has 26 heavy (non-hydrogen) atoms. The molecule has 5 heteroatoms. The maximum absolute atomic E-state index is 13.4. The lowest BCUT2D eigenvalue weighted by Gasteiger charge is -2.51. The molecule has 2 saturated heterocycles. The largest absolute Gasteiger partial charge is 0.497 e. The molecule has 2 aliphatic heterocycles. The number of nitrogens with zero attached hydrogens (tertiary/aromatic N) is 2. The number of amides is 1. The molecule has 1 N–H and O–H groups in total. The zero-order valence-electron chi connectivity index (χ0n) is 16.0. The molecule has 1 aromatic heterocycles. The molecule has 5 nitrogen and oxygen atoms in total. The fourth-order valence-corrected chi connectivity index (χ4v) is 4.87. The van der Waals surface area contributed by atoms with Crippen molar-refractivity contribution in [2.45, 2.75) is 50.6 Å². The van der Waals surface area contributed by atoms with E-state index in [2.05, 4.69) is 28.8 Å². The van der Waals surface area contributed by atoms with Crippen LogP contribution in [0.1, 0.15) is 49.5 Å². The summed E-state index contributed by atoms with van der Waals surface area (Å²) < 4.78 is 5.30. The molecule has 0 aliphatic carbocycles. The number of H-pyrrole nitrogens is 1. The van der Waals surface area contributed by atoms with Crippen LogP contribution in [0.2, 0.25) is 0 Å². The van der Waals surface area contributed by atoms with E-state index in [-0.39, 0.29) is 17.5 Å². The predicted octanol–water partition coefficient (Wildman–Crippen LogP) is 3.66. The number of carbonyl (C=O) groups is 1. The second kappa shape index (κ2) is 6.62. The summed E-state index contributed by atoms with van der Waals surface area (Å²) in [6.45, 7) is 4.32. The van der Waals surface area contributed by atoms with Gasteiger partial charge in [-0.3, -0.25) is 9.69 Å². The van der Waals surface area contributed by atoms with Crippen molar-refractivity contribution in [3.63, 3.8) is 0 Å². The maximum atomic E-state index is 13.4. The quantitative estimate of drug-likeness (QED) is 0.894. The number of likely N-dealkylation sites (tertiary alicyclic amines) is 2. The number of aromatic nitrogens is 1. The number of hydrogen-bond donors (Lipinski definition) is 1. The van der Waals surface area contributed by atoms with Gasteiger partial charge >= 0.3 is 0 Å². The Hall–Kier alpha value is -2.01. The molecule has 0 bridgehead atoms. The maximum Gasteiger partial charge on any atom is 0.270 e. The summed E-state index contributed by atoms with van der Waals surface area (Å²) in [6.07, 6.45) is 5.74. The fourth-order valence-electron chi connectivity index (χ4n) is 4.87. The van der Waals surface area contributed by atoms with E-state index in [1.54, 1.807) is 7.11 Å². The predicted molar refractivity (Wildman–Crippen MR) is 104 cm³/mol. The summed E-state index contributed by atoms with van der Waals surface area (Å²) in [7, 11) is 3.89. The Morgan fingerprint density at radius 1 is 1.23 bits per heavy atom. The van der Waals surface area contributed by atoms with Crippen LogP contribution < -0.4 is 4.74 Å². The number of methoxy groups -OCH3 is 1. The molecule has 0 spiro atoms. The summed E-state index contributed by atoms with van der Waals surface area (Å²) in [6, 6.07) is 8.13. The first-order valence-corrected chi connectivity index (χ1v) is 9.72. The van der Waals surface area contributed by atoms with Crippen LogP contribution in [0, 0.1) is 0 Å². The Bertz CT molecular complexity index is 815. The van der Waals surface area contributed by atoms with Crippen molar-refractivity contribution in [1.82, 2.24) is 14.8 Å². The summed E-state index contributed by atoms with van der Waals surface area (Å²) in [5, 5.41) is 1.02. The average Bonchev–Trinajstić information content (AvgIpc) is 3.01. The Balaban J connectivity index is 1.66. The molecule has 2 atom stereocenters. The van der Waals surface area contributed by atoms with E-state index in [1.165, 1.54) is 19.3 Å². The van der Waals surface area contributed by atoms with Crippen LogP contribution >= 0.6 is 0 Å². The Kier molecular flexibility index (Phi) is 4.43. The normalized spacial score (nSPS) is 27.2. The number of piperidine rings is 1. The minimum absolute atomic E-state index is 0.0830. The highest BCUT2D eigenvalue weighted by molar-refractivity contribution is 5.98. The van der Waals surface area contributed by atoms with E-state index < -0.39 is 0 Å². The number of rotatable bonds is 2. The molecule has 2 aliphatic rings. The van der Waals surface area contributed by atoms with Crippen molar-refractivity contribution < 1.29 is 9.53 Å². The van der Waals surface area contributed by atoms with Crippen LogP contribution in [0.4, 0.5) is 0 Å². The van der Waals surface area contributed by atoms with Gasteiger partial charge in [-0.1, -0.05) is 6.42 Å².